The maximum atomic E-state index is 12.7. The Balaban J connectivity index is 4.23. The predicted molar refractivity (Wildman–Crippen MR) is 238 cm³/mol. The van der Waals surface area contributed by atoms with E-state index >= 15 is 0 Å². The van der Waals surface area contributed by atoms with E-state index in [1.807, 2.05) is 0 Å². The van der Waals surface area contributed by atoms with Gasteiger partial charge in [-0.05, 0) is 31.1 Å². The average Bonchev–Trinajstić information content (AvgIpc) is 3.16. The molecule has 0 aromatic rings. The van der Waals surface area contributed by atoms with Crippen LogP contribution in [0.25, 0.3) is 0 Å². The molecule has 0 aromatic heterocycles. The quantitative estimate of drug-likeness (QED) is 0.0347. The standard InChI is InChI=1S/C50H96O6/c1-6-7-8-9-10-11-20-26-32-37-42-50(53)56-47(44-55-49(52)41-36-31-27-22-24-29-34-39-46(4)5)43-54-48(51)40-35-30-25-21-18-16-14-12-13-15-17-19-23-28-33-38-45(2)3/h45-47H,6-44H2,1-5H3/t47-/m0/s1. The van der Waals surface area contributed by atoms with Gasteiger partial charge in [-0.25, -0.2) is 0 Å². The molecule has 0 heterocycles. The van der Waals surface area contributed by atoms with Crippen molar-refractivity contribution < 1.29 is 28.6 Å². The minimum atomic E-state index is -0.760. The van der Waals surface area contributed by atoms with Gasteiger partial charge in [-0.1, -0.05) is 234 Å². The Bertz CT molecular complexity index is 854. The van der Waals surface area contributed by atoms with Gasteiger partial charge >= 0.3 is 17.9 Å². The van der Waals surface area contributed by atoms with E-state index in [0.29, 0.717) is 19.3 Å². The van der Waals surface area contributed by atoms with Crippen molar-refractivity contribution in [2.24, 2.45) is 11.8 Å². The minimum Gasteiger partial charge on any atom is -0.462 e. The molecule has 0 aliphatic heterocycles. The third kappa shape index (κ3) is 43.5. The van der Waals surface area contributed by atoms with Crippen LogP contribution in [0.4, 0.5) is 0 Å². The number of hydrogen-bond acceptors (Lipinski definition) is 6. The highest BCUT2D eigenvalue weighted by Crippen LogP contribution is 2.17. The smallest absolute Gasteiger partial charge is 0.306 e. The summed E-state index contributed by atoms with van der Waals surface area (Å²) in [6, 6.07) is 0. The molecule has 0 N–H and O–H groups in total. The van der Waals surface area contributed by atoms with Gasteiger partial charge in [0.1, 0.15) is 13.2 Å². The molecule has 0 aromatic carbocycles. The van der Waals surface area contributed by atoms with Crippen LogP contribution in [0.3, 0.4) is 0 Å². The molecule has 0 bridgehead atoms. The Morgan fingerprint density at radius 3 is 0.875 bits per heavy atom. The molecule has 0 rings (SSSR count). The third-order valence-electron chi connectivity index (χ3n) is 11.2. The van der Waals surface area contributed by atoms with E-state index in [1.165, 1.54) is 161 Å². The number of unbranched alkanes of at least 4 members (excludes halogenated alkanes) is 29. The maximum Gasteiger partial charge on any atom is 0.306 e. The lowest BCUT2D eigenvalue weighted by Crippen LogP contribution is -2.30. The maximum absolute atomic E-state index is 12.7. The van der Waals surface area contributed by atoms with Crippen molar-refractivity contribution in [3.63, 3.8) is 0 Å². The van der Waals surface area contributed by atoms with Crippen LogP contribution >= 0.6 is 0 Å². The zero-order valence-corrected chi connectivity index (χ0v) is 38.3. The van der Waals surface area contributed by atoms with Crippen LogP contribution in [0.1, 0.15) is 272 Å². The first-order valence-electron chi connectivity index (χ1n) is 24.7. The molecule has 1 atom stereocenters. The van der Waals surface area contributed by atoms with Crippen molar-refractivity contribution in [3.8, 4) is 0 Å². The Morgan fingerprint density at radius 1 is 0.339 bits per heavy atom. The van der Waals surface area contributed by atoms with Crippen LogP contribution in [-0.2, 0) is 28.6 Å². The molecule has 6 heteroatoms. The summed E-state index contributed by atoms with van der Waals surface area (Å²) in [6.07, 6.45) is 42.4. The highest BCUT2D eigenvalue weighted by Gasteiger charge is 2.19. The lowest BCUT2D eigenvalue weighted by Gasteiger charge is -2.18. The van der Waals surface area contributed by atoms with Gasteiger partial charge in [0.2, 0.25) is 0 Å². The van der Waals surface area contributed by atoms with Gasteiger partial charge in [-0.2, -0.15) is 0 Å². The molecule has 332 valence electrons. The SMILES string of the molecule is CCCCCCCCCCCCC(=O)O[C@@H](COC(=O)CCCCCCCCCCCCCCCCCC(C)C)COC(=O)CCCCCCCCCC(C)C. The number of rotatable bonds is 44. The summed E-state index contributed by atoms with van der Waals surface area (Å²) < 4.78 is 16.7. The Labute approximate surface area is 348 Å². The van der Waals surface area contributed by atoms with E-state index in [-0.39, 0.29) is 31.1 Å². The average molecular weight is 793 g/mol. The van der Waals surface area contributed by atoms with Crippen LogP contribution in [0.5, 0.6) is 0 Å². The van der Waals surface area contributed by atoms with Crippen molar-refractivity contribution >= 4 is 17.9 Å². The van der Waals surface area contributed by atoms with Crippen LogP contribution in [0, 0.1) is 11.8 Å². The Kier molecular flexibility index (Phi) is 41.8. The molecule has 0 aliphatic rings. The van der Waals surface area contributed by atoms with Gasteiger partial charge in [0.05, 0.1) is 0 Å². The van der Waals surface area contributed by atoms with Crippen molar-refractivity contribution in [2.75, 3.05) is 13.2 Å². The van der Waals surface area contributed by atoms with Crippen LogP contribution in [-0.4, -0.2) is 37.2 Å². The van der Waals surface area contributed by atoms with Gasteiger partial charge in [0.25, 0.3) is 0 Å². The summed E-state index contributed by atoms with van der Waals surface area (Å²) in [6.45, 7) is 11.3. The number of carbonyl (C=O) groups excluding carboxylic acids is 3. The highest BCUT2D eigenvalue weighted by molar-refractivity contribution is 5.71. The van der Waals surface area contributed by atoms with Crippen LogP contribution in [0.15, 0.2) is 0 Å². The summed E-state index contributed by atoms with van der Waals surface area (Å²) in [4.78, 5) is 37.8. The second-order valence-corrected chi connectivity index (χ2v) is 18.1. The molecule has 6 nitrogen and oxygen atoms in total. The van der Waals surface area contributed by atoms with Crippen LogP contribution in [0.2, 0.25) is 0 Å². The van der Waals surface area contributed by atoms with E-state index < -0.39 is 6.10 Å². The van der Waals surface area contributed by atoms with Gasteiger partial charge in [0.15, 0.2) is 6.10 Å². The van der Waals surface area contributed by atoms with Crippen LogP contribution < -0.4 is 0 Å². The van der Waals surface area contributed by atoms with E-state index in [2.05, 4.69) is 34.6 Å². The van der Waals surface area contributed by atoms with E-state index in [9.17, 15) is 14.4 Å². The van der Waals surface area contributed by atoms with Crippen molar-refractivity contribution in [3.05, 3.63) is 0 Å². The second-order valence-electron chi connectivity index (χ2n) is 18.1. The first kappa shape index (κ1) is 54.4. The number of esters is 3. The fourth-order valence-corrected chi connectivity index (χ4v) is 7.46. The molecule has 0 saturated carbocycles. The first-order valence-corrected chi connectivity index (χ1v) is 24.7. The zero-order chi connectivity index (χ0) is 41.2. The number of carbonyl (C=O) groups is 3. The predicted octanol–water partition coefficient (Wildman–Crippen LogP) is 15.8. The lowest BCUT2D eigenvalue weighted by atomic mass is 10.0. The molecule has 0 unspecified atom stereocenters. The summed E-state index contributed by atoms with van der Waals surface area (Å²) in [7, 11) is 0. The molecule has 0 aliphatic carbocycles. The van der Waals surface area contributed by atoms with Crippen molar-refractivity contribution in [1.29, 1.82) is 0 Å². The van der Waals surface area contributed by atoms with Crippen molar-refractivity contribution in [1.82, 2.24) is 0 Å². The first-order chi connectivity index (χ1) is 27.2. The molecule has 0 amide bonds. The fourth-order valence-electron chi connectivity index (χ4n) is 7.46. The van der Waals surface area contributed by atoms with Gasteiger partial charge in [-0.3, -0.25) is 14.4 Å². The molecule has 0 fully saturated rings. The minimum absolute atomic E-state index is 0.0645. The largest absolute Gasteiger partial charge is 0.462 e. The zero-order valence-electron chi connectivity index (χ0n) is 38.3. The lowest BCUT2D eigenvalue weighted by molar-refractivity contribution is -0.167. The van der Waals surface area contributed by atoms with Gasteiger partial charge in [-0.15, -0.1) is 0 Å². The molecular formula is C50H96O6. The van der Waals surface area contributed by atoms with Crippen molar-refractivity contribution in [2.45, 2.75) is 278 Å². The molecule has 0 radical (unpaired) electrons. The number of hydrogen-bond donors (Lipinski definition) is 0. The van der Waals surface area contributed by atoms with Gasteiger partial charge < -0.3 is 14.2 Å². The van der Waals surface area contributed by atoms with E-state index in [1.54, 1.807) is 0 Å². The Hall–Kier alpha value is -1.59. The summed E-state index contributed by atoms with van der Waals surface area (Å²) in [5.41, 5.74) is 0. The topological polar surface area (TPSA) is 78.9 Å². The Morgan fingerprint density at radius 2 is 0.589 bits per heavy atom. The highest BCUT2D eigenvalue weighted by atomic mass is 16.6. The van der Waals surface area contributed by atoms with E-state index in [4.69, 9.17) is 14.2 Å². The summed E-state index contributed by atoms with van der Waals surface area (Å²) in [5.74, 6) is 0.775. The fraction of sp³-hybridized carbons (Fsp3) is 0.940. The third-order valence-corrected chi connectivity index (χ3v) is 11.2. The molecular weight excluding hydrogens is 697 g/mol. The normalized spacial score (nSPS) is 12.1. The molecule has 0 saturated heterocycles. The van der Waals surface area contributed by atoms with E-state index in [0.717, 1.165) is 69.6 Å². The summed E-state index contributed by atoms with van der Waals surface area (Å²) in [5, 5.41) is 0. The molecule has 0 spiro atoms. The molecule has 56 heavy (non-hydrogen) atoms. The number of ether oxygens (including phenoxy) is 3. The van der Waals surface area contributed by atoms with Gasteiger partial charge in [0, 0.05) is 19.3 Å². The second kappa shape index (κ2) is 43.0. The monoisotopic (exact) mass is 793 g/mol. The summed E-state index contributed by atoms with van der Waals surface area (Å²) >= 11 is 0.